The zero-order chi connectivity index (χ0) is 12.9. The summed E-state index contributed by atoms with van der Waals surface area (Å²) in [5.74, 6) is 0. The molecule has 0 amide bonds. The molecule has 0 spiro atoms. The van der Waals surface area contributed by atoms with E-state index in [4.69, 9.17) is 0 Å². The fourth-order valence-corrected chi connectivity index (χ4v) is 4.48. The van der Waals surface area contributed by atoms with E-state index < -0.39 is 7.92 Å². The van der Waals surface area contributed by atoms with Gasteiger partial charge in [-0.15, -0.1) is 0 Å². The number of rotatable bonds is 3. The summed E-state index contributed by atoms with van der Waals surface area (Å²) in [4.78, 5) is 0. The van der Waals surface area contributed by atoms with Gasteiger partial charge in [-0.05, 0) is 23.8 Å². The first-order chi connectivity index (χ1) is 9.45. The average Bonchev–Trinajstić information content (AvgIpc) is 2.51. The Morgan fingerprint density at radius 3 is 0.905 bits per heavy atom. The van der Waals surface area contributed by atoms with Gasteiger partial charge in [-0.2, -0.15) is 0 Å². The quantitative estimate of drug-likeness (QED) is 0.542. The smallest absolute Gasteiger partial charge is 0 e. The monoisotopic (exact) mass is 385 g/mol. The van der Waals surface area contributed by atoms with Crippen LogP contribution in [0.3, 0.4) is 0 Å². The van der Waals surface area contributed by atoms with Crippen LogP contribution in [0.4, 0.5) is 0 Å². The van der Waals surface area contributed by atoms with Gasteiger partial charge < -0.3 is 6.15 Å². The van der Waals surface area contributed by atoms with Crippen LogP contribution in [0.25, 0.3) is 0 Å². The predicted molar refractivity (Wildman–Crippen MR) is 90.2 cm³/mol. The molecule has 0 aliphatic carbocycles. The van der Waals surface area contributed by atoms with E-state index >= 15 is 0 Å². The zero-order valence-electron chi connectivity index (χ0n) is 11.6. The third-order valence-electron chi connectivity index (χ3n) is 3.04. The summed E-state index contributed by atoms with van der Waals surface area (Å²) in [6.07, 6.45) is 0. The van der Waals surface area contributed by atoms with Crippen molar-refractivity contribution in [1.29, 1.82) is 0 Å². The van der Waals surface area contributed by atoms with Crippen molar-refractivity contribution in [2.24, 2.45) is 0 Å². The maximum Gasteiger partial charge on any atom is 0 e. The summed E-state index contributed by atoms with van der Waals surface area (Å²) in [6.45, 7) is 0. The van der Waals surface area contributed by atoms with Gasteiger partial charge in [0, 0.05) is 20.4 Å². The standard InChI is InChI=1S/C18H15P.H3N.Pd/c1-4-10-16(11-5-1)19(17-12-6-2-7-13-17)18-14-8-3-9-15-18;;/h1-15H;1H3;. The molecule has 3 N–H and O–H groups in total. The van der Waals surface area contributed by atoms with Crippen molar-refractivity contribution in [2.75, 3.05) is 0 Å². The Labute approximate surface area is 141 Å². The van der Waals surface area contributed by atoms with Crippen LogP contribution in [0.15, 0.2) is 91.0 Å². The third-order valence-corrected chi connectivity index (χ3v) is 5.49. The summed E-state index contributed by atoms with van der Waals surface area (Å²) < 4.78 is 0. The van der Waals surface area contributed by atoms with Crippen molar-refractivity contribution in [3.63, 3.8) is 0 Å². The molecule has 0 radical (unpaired) electrons. The van der Waals surface area contributed by atoms with Gasteiger partial charge in [0.05, 0.1) is 0 Å². The Hall–Kier alpha value is -1.29. The van der Waals surface area contributed by atoms with Crippen molar-refractivity contribution in [1.82, 2.24) is 6.15 Å². The summed E-state index contributed by atoms with van der Waals surface area (Å²) in [6, 6.07) is 32.3. The summed E-state index contributed by atoms with van der Waals surface area (Å²) in [5.41, 5.74) is 0. The van der Waals surface area contributed by atoms with Crippen LogP contribution < -0.4 is 22.1 Å². The van der Waals surface area contributed by atoms with E-state index in [0.717, 1.165) is 0 Å². The molecule has 3 rings (SSSR count). The molecule has 0 aliphatic heterocycles. The van der Waals surface area contributed by atoms with Crippen LogP contribution in [0.2, 0.25) is 0 Å². The Morgan fingerprint density at radius 1 is 0.429 bits per heavy atom. The van der Waals surface area contributed by atoms with Crippen LogP contribution in [-0.2, 0) is 20.4 Å². The fourth-order valence-electron chi connectivity index (χ4n) is 2.18. The van der Waals surface area contributed by atoms with E-state index in [-0.39, 0.29) is 26.6 Å². The Kier molecular flexibility index (Phi) is 7.51. The first kappa shape index (κ1) is 17.8. The van der Waals surface area contributed by atoms with Crippen LogP contribution in [0.5, 0.6) is 0 Å². The Bertz CT molecular complexity index is 535. The van der Waals surface area contributed by atoms with E-state index in [1.807, 2.05) is 0 Å². The summed E-state index contributed by atoms with van der Waals surface area (Å²) in [7, 11) is -0.446. The van der Waals surface area contributed by atoms with Gasteiger partial charge in [0.15, 0.2) is 0 Å². The van der Waals surface area contributed by atoms with E-state index in [0.29, 0.717) is 0 Å². The first-order valence-electron chi connectivity index (χ1n) is 6.40. The Balaban J connectivity index is 0.00000110. The van der Waals surface area contributed by atoms with Crippen molar-refractivity contribution >= 4 is 23.8 Å². The van der Waals surface area contributed by atoms with Crippen molar-refractivity contribution in [2.45, 2.75) is 0 Å². The molecule has 0 saturated carbocycles. The molecule has 0 unspecified atom stereocenters. The maximum atomic E-state index is 2.23. The van der Waals surface area contributed by atoms with Gasteiger partial charge in [-0.1, -0.05) is 91.0 Å². The summed E-state index contributed by atoms with van der Waals surface area (Å²) >= 11 is 0. The van der Waals surface area contributed by atoms with Gasteiger partial charge in [0.25, 0.3) is 0 Å². The minimum Gasteiger partial charge on any atom is -0.344 e. The second-order valence-corrected chi connectivity index (χ2v) is 6.56. The molecule has 1 nitrogen and oxygen atoms in total. The molecule has 0 bridgehead atoms. The molecule has 3 aromatic carbocycles. The number of hydrogen-bond donors (Lipinski definition) is 1. The zero-order valence-corrected chi connectivity index (χ0v) is 14.1. The molecular formula is C18H18NPPd. The van der Waals surface area contributed by atoms with Gasteiger partial charge in [0.1, 0.15) is 0 Å². The third kappa shape index (κ3) is 4.34. The van der Waals surface area contributed by atoms with Crippen molar-refractivity contribution < 1.29 is 20.4 Å². The molecule has 0 saturated heterocycles. The largest absolute Gasteiger partial charge is 0.344 e. The second kappa shape index (κ2) is 8.88. The van der Waals surface area contributed by atoms with Crippen LogP contribution in [0, 0.1) is 0 Å². The maximum absolute atomic E-state index is 2.23. The van der Waals surface area contributed by atoms with Crippen molar-refractivity contribution in [3.8, 4) is 0 Å². The van der Waals surface area contributed by atoms with Gasteiger partial charge in [-0.25, -0.2) is 0 Å². The van der Waals surface area contributed by atoms with E-state index in [1.165, 1.54) is 15.9 Å². The molecule has 0 aromatic heterocycles. The topological polar surface area (TPSA) is 35.0 Å². The van der Waals surface area contributed by atoms with Crippen molar-refractivity contribution in [3.05, 3.63) is 91.0 Å². The van der Waals surface area contributed by atoms with Crippen LogP contribution in [0.1, 0.15) is 0 Å². The molecule has 0 fully saturated rings. The minimum absolute atomic E-state index is 0. The molecule has 0 atom stereocenters. The van der Waals surface area contributed by atoms with Crippen LogP contribution in [-0.4, -0.2) is 0 Å². The van der Waals surface area contributed by atoms with E-state index in [2.05, 4.69) is 91.0 Å². The SMILES string of the molecule is N.[Pd].c1ccc(P(c2ccccc2)c2ccccc2)cc1. The van der Waals surface area contributed by atoms with Gasteiger partial charge in [-0.3, -0.25) is 0 Å². The fraction of sp³-hybridized carbons (Fsp3) is 0. The second-order valence-electron chi connectivity index (χ2n) is 4.34. The van der Waals surface area contributed by atoms with Crippen LogP contribution >= 0.6 is 7.92 Å². The molecule has 110 valence electrons. The molecular weight excluding hydrogens is 368 g/mol. The molecule has 3 heteroatoms. The van der Waals surface area contributed by atoms with E-state index in [1.54, 1.807) is 0 Å². The summed E-state index contributed by atoms with van der Waals surface area (Å²) in [5, 5.41) is 4.19. The molecule has 0 heterocycles. The molecule has 21 heavy (non-hydrogen) atoms. The normalized spacial score (nSPS) is 9.57. The average molecular weight is 386 g/mol. The van der Waals surface area contributed by atoms with Gasteiger partial charge in [0.2, 0.25) is 0 Å². The Morgan fingerprint density at radius 2 is 0.667 bits per heavy atom. The molecule has 3 aromatic rings. The molecule has 0 aliphatic rings. The van der Waals surface area contributed by atoms with E-state index in [9.17, 15) is 0 Å². The minimum atomic E-state index is -0.446. The number of hydrogen-bond acceptors (Lipinski definition) is 1. The first-order valence-corrected chi connectivity index (χ1v) is 7.74. The van der Waals surface area contributed by atoms with Gasteiger partial charge >= 0.3 is 0 Å². The number of benzene rings is 3. The predicted octanol–water partition coefficient (Wildman–Crippen LogP) is 3.60.